The van der Waals surface area contributed by atoms with Gasteiger partial charge in [-0.15, -0.1) is 0 Å². The van der Waals surface area contributed by atoms with Crippen molar-refractivity contribution in [3.05, 3.63) is 53.8 Å². The fourth-order valence-electron chi connectivity index (χ4n) is 4.80. The third kappa shape index (κ3) is 4.75. The second-order valence-corrected chi connectivity index (χ2v) is 8.66. The predicted molar refractivity (Wildman–Crippen MR) is 116 cm³/mol. The van der Waals surface area contributed by atoms with Gasteiger partial charge in [0.2, 0.25) is 5.91 Å². The first-order valence-electron chi connectivity index (χ1n) is 11.0. The van der Waals surface area contributed by atoms with Crippen molar-refractivity contribution < 1.29 is 23.8 Å². The largest absolute Gasteiger partial charge is 0.496 e. The Balaban J connectivity index is 1.57. The number of carbonyl (C=O) groups is 1. The molecule has 2 fully saturated rings. The maximum atomic E-state index is 13.8. The van der Waals surface area contributed by atoms with Crippen LogP contribution >= 0.6 is 0 Å². The standard InChI is InChI=1S/C25H30FNO4/c1-30-23-9-8-20(26)15-22(23)19-6-4-18(5-7-19)16-25(10-13-31-14-11-25)24(29)27-12-2-3-21(28)17-27/h4-9,15,21,28H,2-3,10-14,16-17H2,1H3/t21-/m1/s1. The summed E-state index contributed by atoms with van der Waals surface area (Å²) in [5.74, 6) is 0.440. The van der Waals surface area contributed by atoms with Crippen LogP contribution in [0.5, 0.6) is 5.75 Å². The molecule has 2 aliphatic heterocycles. The number of halogens is 1. The van der Waals surface area contributed by atoms with Crippen molar-refractivity contribution in [2.24, 2.45) is 5.41 Å². The summed E-state index contributed by atoms with van der Waals surface area (Å²) in [6.07, 6.45) is 3.14. The number of amides is 1. The summed E-state index contributed by atoms with van der Waals surface area (Å²) in [4.78, 5) is 15.4. The van der Waals surface area contributed by atoms with Crippen molar-refractivity contribution in [1.82, 2.24) is 4.90 Å². The van der Waals surface area contributed by atoms with Crippen LogP contribution in [-0.4, -0.2) is 55.4 Å². The molecule has 0 saturated carbocycles. The summed E-state index contributed by atoms with van der Waals surface area (Å²) < 4.78 is 24.7. The molecule has 0 unspecified atom stereocenters. The van der Waals surface area contributed by atoms with Gasteiger partial charge < -0.3 is 19.5 Å². The second-order valence-electron chi connectivity index (χ2n) is 8.66. The van der Waals surface area contributed by atoms with Gasteiger partial charge in [-0.2, -0.15) is 0 Å². The molecule has 2 aromatic carbocycles. The predicted octanol–water partition coefficient (Wildman–Crippen LogP) is 3.82. The van der Waals surface area contributed by atoms with Gasteiger partial charge in [0, 0.05) is 31.9 Å². The van der Waals surface area contributed by atoms with Gasteiger partial charge >= 0.3 is 0 Å². The highest BCUT2D eigenvalue weighted by Crippen LogP contribution is 2.38. The zero-order valence-corrected chi connectivity index (χ0v) is 18.0. The van der Waals surface area contributed by atoms with Gasteiger partial charge in [0.15, 0.2) is 0 Å². The maximum Gasteiger partial charge on any atom is 0.229 e. The van der Waals surface area contributed by atoms with Crippen molar-refractivity contribution in [1.29, 1.82) is 0 Å². The minimum atomic E-state index is -0.507. The molecule has 2 heterocycles. The molecule has 2 aromatic rings. The van der Waals surface area contributed by atoms with Crippen molar-refractivity contribution in [2.75, 3.05) is 33.4 Å². The number of rotatable bonds is 5. The van der Waals surface area contributed by atoms with E-state index in [2.05, 4.69) is 0 Å². The van der Waals surface area contributed by atoms with Crippen molar-refractivity contribution >= 4 is 5.91 Å². The first kappa shape index (κ1) is 21.8. The van der Waals surface area contributed by atoms with Crippen molar-refractivity contribution in [2.45, 2.75) is 38.2 Å². The van der Waals surface area contributed by atoms with E-state index in [1.807, 2.05) is 29.2 Å². The second kappa shape index (κ2) is 9.37. The van der Waals surface area contributed by atoms with Crippen molar-refractivity contribution in [3.8, 4) is 16.9 Å². The summed E-state index contributed by atoms with van der Waals surface area (Å²) in [6.45, 7) is 2.26. The number of ether oxygens (including phenoxy) is 2. The minimum absolute atomic E-state index is 0.130. The van der Waals surface area contributed by atoms with E-state index >= 15 is 0 Å². The molecular formula is C25H30FNO4. The monoisotopic (exact) mass is 427 g/mol. The van der Waals surface area contributed by atoms with E-state index in [9.17, 15) is 14.3 Å². The minimum Gasteiger partial charge on any atom is -0.496 e. The van der Waals surface area contributed by atoms with Gasteiger partial charge in [-0.3, -0.25) is 4.79 Å². The van der Waals surface area contributed by atoms with Crippen LogP contribution in [0.1, 0.15) is 31.2 Å². The van der Waals surface area contributed by atoms with Crippen LogP contribution in [-0.2, 0) is 16.0 Å². The van der Waals surface area contributed by atoms with Crippen LogP contribution in [0, 0.1) is 11.2 Å². The highest BCUT2D eigenvalue weighted by atomic mass is 19.1. The Morgan fingerprint density at radius 2 is 1.97 bits per heavy atom. The molecule has 1 atom stereocenters. The third-order valence-corrected chi connectivity index (χ3v) is 6.56. The number of piperidine rings is 1. The Morgan fingerprint density at radius 1 is 1.23 bits per heavy atom. The van der Waals surface area contributed by atoms with Gasteiger partial charge in [-0.1, -0.05) is 24.3 Å². The summed E-state index contributed by atoms with van der Waals surface area (Å²) in [6, 6.07) is 12.4. The molecule has 0 spiro atoms. The Kier molecular flexibility index (Phi) is 6.58. The number of likely N-dealkylation sites (tertiary alicyclic amines) is 1. The van der Waals surface area contributed by atoms with Gasteiger partial charge in [0.05, 0.1) is 18.6 Å². The van der Waals surface area contributed by atoms with Crippen LogP contribution < -0.4 is 4.74 Å². The van der Waals surface area contributed by atoms with E-state index in [0.29, 0.717) is 56.9 Å². The fraction of sp³-hybridized carbons (Fsp3) is 0.480. The number of methoxy groups -OCH3 is 1. The summed E-state index contributed by atoms with van der Waals surface area (Å²) in [5.41, 5.74) is 2.12. The van der Waals surface area contributed by atoms with E-state index in [-0.39, 0.29) is 11.7 Å². The molecule has 31 heavy (non-hydrogen) atoms. The molecule has 5 nitrogen and oxygen atoms in total. The number of hydrogen-bond donors (Lipinski definition) is 1. The molecule has 2 aliphatic rings. The molecule has 0 aliphatic carbocycles. The average molecular weight is 428 g/mol. The smallest absolute Gasteiger partial charge is 0.229 e. The Bertz CT molecular complexity index is 908. The lowest BCUT2D eigenvalue weighted by Crippen LogP contribution is -2.52. The zero-order valence-electron chi connectivity index (χ0n) is 18.0. The molecule has 0 aromatic heterocycles. The number of carbonyl (C=O) groups excluding carboxylic acids is 1. The van der Waals surface area contributed by atoms with Crippen LogP contribution in [0.25, 0.3) is 11.1 Å². The Hall–Kier alpha value is -2.44. The highest BCUT2D eigenvalue weighted by molar-refractivity contribution is 5.83. The Morgan fingerprint density at radius 3 is 2.65 bits per heavy atom. The average Bonchev–Trinajstić information content (AvgIpc) is 2.79. The van der Waals surface area contributed by atoms with Crippen LogP contribution in [0.15, 0.2) is 42.5 Å². The quantitative estimate of drug-likeness (QED) is 0.788. The topological polar surface area (TPSA) is 59.0 Å². The van der Waals surface area contributed by atoms with Gasteiger partial charge in [0.1, 0.15) is 11.6 Å². The number of hydrogen-bond acceptors (Lipinski definition) is 4. The number of benzene rings is 2. The van der Waals surface area contributed by atoms with Crippen LogP contribution in [0.2, 0.25) is 0 Å². The third-order valence-electron chi connectivity index (χ3n) is 6.56. The fourth-order valence-corrected chi connectivity index (χ4v) is 4.80. The molecule has 0 bridgehead atoms. The van der Waals surface area contributed by atoms with Crippen molar-refractivity contribution in [3.63, 3.8) is 0 Å². The molecular weight excluding hydrogens is 397 g/mol. The number of β-amino-alcohol motifs (C(OH)–C–C–N with tert-alkyl or cyclic N) is 1. The number of aliphatic hydroxyl groups is 1. The first-order chi connectivity index (χ1) is 15.0. The molecule has 166 valence electrons. The van der Waals surface area contributed by atoms with E-state index in [1.165, 1.54) is 12.1 Å². The first-order valence-corrected chi connectivity index (χ1v) is 11.0. The Labute approximate surface area is 182 Å². The molecule has 4 rings (SSSR count). The number of aliphatic hydroxyl groups excluding tert-OH is 1. The van der Waals surface area contributed by atoms with E-state index < -0.39 is 11.5 Å². The van der Waals surface area contributed by atoms with Gasteiger partial charge in [-0.05, 0) is 61.4 Å². The lowest BCUT2D eigenvalue weighted by atomic mass is 9.73. The SMILES string of the molecule is COc1ccc(F)cc1-c1ccc(CC2(C(=O)N3CCC[C@@H](O)C3)CCOCC2)cc1. The van der Waals surface area contributed by atoms with Gasteiger partial charge in [-0.25, -0.2) is 4.39 Å². The van der Waals surface area contributed by atoms with E-state index in [4.69, 9.17) is 9.47 Å². The van der Waals surface area contributed by atoms with Crippen LogP contribution in [0.4, 0.5) is 4.39 Å². The van der Waals surface area contributed by atoms with E-state index in [0.717, 1.165) is 24.0 Å². The molecule has 6 heteroatoms. The molecule has 0 radical (unpaired) electrons. The summed E-state index contributed by atoms with van der Waals surface area (Å²) in [5, 5.41) is 10.0. The molecule has 1 amide bonds. The number of nitrogens with zero attached hydrogens (tertiary/aromatic N) is 1. The molecule has 2 saturated heterocycles. The lowest BCUT2D eigenvalue weighted by Gasteiger charge is -2.42. The van der Waals surface area contributed by atoms with Gasteiger partial charge in [0.25, 0.3) is 0 Å². The maximum absolute atomic E-state index is 13.8. The lowest BCUT2D eigenvalue weighted by molar-refractivity contribution is -0.151. The summed E-state index contributed by atoms with van der Waals surface area (Å²) >= 11 is 0. The normalized spacial score (nSPS) is 21.0. The van der Waals surface area contributed by atoms with Crippen LogP contribution in [0.3, 0.4) is 0 Å². The molecule has 1 N–H and O–H groups in total. The van der Waals surface area contributed by atoms with E-state index in [1.54, 1.807) is 13.2 Å². The summed E-state index contributed by atoms with van der Waals surface area (Å²) in [7, 11) is 1.57. The highest BCUT2D eigenvalue weighted by Gasteiger charge is 2.43. The zero-order chi connectivity index (χ0) is 21.8.